The number of aliphatic imine (C=N–C) groups is 1. The van der Waals surface area contributed by atoms with Gasteiger partial charge in [0.05, 0.1) is 18.9 Å². The lowest BCUT2D eigenvalue weighted by Gasteiger charge is -2.31. The summed E-state index contributed by atoms with van der Waals surface area (Å²) in [6, 6.07) is -2.36. The van der Waals surface area contributed by atoms with E-state index in [1.807, 2.05) is 0 Å². The van der Waals surface area contributed by atoms with Crippen LogP contribution >= 0.6 is 0 Å². The van der Waals surface area contributed by atoms with Crippen molar-refractivity contribution in [2.24, 2.45) is 39.6 Å². The SMILES string of the molecule is CC(C)C[C@H](NC(=O)[C@H](Cc1ccc(O)cc1)NC(=O)[C@H](CC(N)=O)NC(=O)[C@@H](N)CC(N)=O)C(=O)N1CCC[C@H]1C(=O)N[C@@H](CCCN=C(N)N)C(=O)O. The monoisotopic (exact) mass is 775 g/mol. The first-order valence-corrected chi connectivity index (χ1v) is 17.7. The number of phenols is 1. The van der Waals surface area contributed by atoms with Gasteiger partial charge in [0, 0.05) is 19.5 Å². The Morgan fingerprint density at radius 2 is 1.40 bits per heavy atom. The second-order valence-corrected chi connectivity index (χ2v) is 13.7. The molecule has 304 valence electrons. The zero-order valence-electron chi connectivity index (χ0n) is 30.9. The molecule has 16 N–H and O–H groups in total. The Hall–Kier alpha value is -5.99. The quantitative estimate of drug-likeness (QED) is 0.0305. The van der Waals surface area contributed by atoms with Crippen LogP contribution in [0.25, 0.3) is 0 Å². The summed E-state index contributed by atoms with van der Waals surface area (Å²) in [5.74, 6) is -7.72. The lowest BCUT2D eigenvalue weighted by atomic mass is 9.99. The van der Waals surface area contributed by atoms with Crippen LogP contribution < -0.4 is 49.9 Å². The molecule has 1 aliphatic rings. The standard InChI is InChI=1S/C34H53N11O10/c1-17(2)13-24(32(53)45-12-4-6-25(45)31(52)41-21(33(54)55)5-3-11-40-34(38)39)44-29(50)22(14-18-7-9-19(46)10-8-18)43-30(51)23(16-27(37)48)42-28(49)20(35)15-26(36)47/h7-10,17,20-25,46H,3-6,11-16,35H2,1-2H3,(H2,36,47)(H2,37,48)(H,41,52)(H,42,49)(H,43,51)(H,44,50)(H,54,55)(H4,38,39,40)/t20-,21-,22-,23-,24-,25-/m0/s1. The van der Waals surface area contributed by atoms with E-state index in [0.29, 0.717) is 12.0 Å². The number of guanidine groups is 1. The highest BCUT2D eigenvalue weighted by Gasteiger charge is 2.40. The van der Waals surface area contributed by atoms with Gasteiger partial charge in [0.15, 0.2) is 5.96 Å². The molecule has 0 unspecified atom stereocenters. The summed E-state index contributed by atoms with van der Waals surface area (Å²) < 4.78 is 0. The molecule has 1 aliphatic heterocycles. The number of hydrogen-bond acceptors (Lipinski definition) is 11. The number of rotatable bonds is 22. The van der Waals surface area contributed by atoms with Gasteiger partial charge in [-0.3, -0.25) is 38.6 Å². The van der Waals surface area contributed by atoms with Crippen molar-refractivity contribution in [1.29, 1.82) is 0 Å². The van der Waals surface area contributed by atoms with E-state index in [1.165, 1.54) is 29.2 Å². The lowest BCUT2D eigenvalue weighted by Crippen LogP contribution is -2.60. The largest absolute Gasteiger partial charge is 0.508 e. The van der Waals surface area contributed by atoms with Crippen LogP contribution in [0.5, 0.6) is 5.75 Å². The van der Waals surface area contributed by atoms with E-state index in [2.05, 4.69) is 26.3 Å². The molecule has 2 rings (SSSR count). The third-order valence-electron chi connectivity index (χ3n) is 8.53. The predicted octanol–water partition coefficient (Wildman–Crippen LogP) is -3.87. The van der Waals surface area contributed by atoms with Gasteiger partial charge in [0.1, 0.15) is 36.0 Å². The molecule has 1 heterocycles. The molecule has 0 aliphatic carbocycles. The van der Waals surface area contributed by atoms with Gasteiger partial charge < -0.3 is 65.0 Å². The molecule has 1 saturated heterocycles. The predicted molar refractivity (Wildman–Crippen MR) is 197 cm³/mol. The first-order chi connectivity index (χ1) is 25.8. The number of amides is 7. The molecule has 0 spiro atoms. The summed E-state index contributed by atoms with van der Waals surface area (Å²) >= 11 is 0. The third kappa shape index (κ3) is 15.5. The normalized spacial score (nSPS) is 16.4. The van der Waals surface area contributed by atoms with E-state index in [1.54, 1.807) is 13.8 Å². The molecule has 21 nitrogen and oxygen atoms in total. The van der Waals surface area contributed by atoms with E-state index in [9.17, 15) is 48.6 Å². The van der Waals surface area contributed by atoms with E-state index in [0.717, 1.165) is 0 Å². The fraction of sp³-hybridized carbons (Fsp3) is 0.559. The molecule has 0 bridgehead atoms. The topological polar surface area (TPSA) is 371 Å². The fourth-order valence-electron chi connectivity index (χ4n) is 5.85. The summed E-state index contributed by atoms with van der Waals surface area (Å²) in [4.78, 5) is 108. The number of likely N-dealkylation sites (tertiary alicyclic amines) is 1. The van der Waals surface area contributed by atoms with E-state index in [-0.39, 0.29) is 62.8 Å². The molecule has 1 fully saturated rings. The number of carbonyl (C=O) groups is 8. The number of hydrogen-bond donors (Lipinski definition) is 11. The molecular formula is C34H53N11O10. The number of primary amides is 2. The minimum absolute atomic E-state index is 0.0167. The van der Waals surface area contributed by atoms with Gasteiger partial charge in [0.25, 0.3) is 0 Å². The summed E-state index contributed by atoms with van der Waals surface area (Å²) in [6.45, 7) is 3.89. The Kier molecular flexibility index (Phi) is 17.8. The number of aromatic hydroxyl groups is 1. The number of carboxylic acids is 1. The summed E-state index contributed by atoms with van der Waals surface area (Å²) in [5, 5.41) is 29.4. The molecule has 7 amide bonds. The number of nitrogens with two attached hydrogens (primary N) is 5. The van der Waals surface area contributed by atoms with Crippen molar-refractivity contribution in [3.63, 3.8) is 0 Å². The van der Waals surface area contributed by atoms with Gasteiger partial charge in [-0.2, -0.15) is 0 Å². The van der Waals surface area contributed by atoms with Crippen molar-refractivity contribution in [3.05, 3.63) is 29.8 Å². The van der Waals surface area contributed by atoms with Crippen molar-refractivity contribution >= 4 is 53.3 Å². The second-order valence-electron chi connectivity index (χ2n) is 13.7. The van der Waals surface area contributed by atoms with Crippen LogP contribution in [-0.2, 0) is 44.8 Å². The molecule has 21 heteroatoms. The molecule has 0 radical (unpaired) electrons. The van der Waals surface area contributed by atoms with Crippen molar-refractivity contribution in [1.82, 2.24) is 26.2 Å². The average molecular weight is 776 g/mol. The number of phenolic OH excluding ortho intramolecular Hbond substituents is 1. The summed E-state index contributed by atoms with van der Waals surface area (Å²) in [5.41, 5.74) is 27.2. The van der Waals surface area contributed by atoms with Gasteiger partial charge in [-0.1, -0.05) is 26.0 Å². The Balaban J connectivity index is 2.34. The van der Waals surface area contributed by atoms with Crippen LogP contribution in [0, 0.1) is 5.92 Å². The maximum Gasteiger partial charge on any atom is 0.326 e. The summed E-state index contributed by atoms with van der Waals surface area (Å²) in [7, 11) is 0. The van der Waals surface area contributed by atoms with Gasteiger partial charge in [-0.05, 0) is 55.7 Å². The van der Waals surface area contributed by atoms with Crippen molar-refractivity contribution in [2.75, 3.05) is 13.1 Å². The zero-order chi connectivity index (χ0) is 41.4. The van der Waals surface area contributed by atoms with Crippen LogP contribution in [0.2, 0.25) is 0 Å². The van der Waals surface area contributed by atoms with Gasteiger partial charge in [-0.15, -0.1) is 0 Å². The maximum absolute atomic E-state index is 14.1. The van der Waals surface area contributed by atoms with E-state index >= 15 is 0 Å². The highest BCUT2D eigenvalue weighted by Crippen LogP contribution is 2.21. The van der Waals surface area contributed by atoms with Gasteiger partial charge in [-0.25, -0.2) is 4.79 Å². The Labute approximate surface area is 317 Å². The maximum atomic E-state index is 14.1. The zero-order valence-corrected chi connectivity index (χ0v) is 30.9. The van der Waals surface area contributed by atoms with Crippen molar-refractivity contribution in [2.45, 2.75) is 101 Å². The average Bonchev–Trinajstić information content (AvgIpc) is 3.58. The highest BCUT2D eigenvalue weighted by atomic mass is 16.4. The number of nitrogens with zero attached hydrogens (tertiary/aromatic N) is 2. The first kappa shape index (κ1) is 45.2. The fourth-order valence-corrected chi connectivity index (χ4v) is 5.85. The third-order valence-corrected chi connectivity index (χ3v) is 8.53. The molecule has 6 atom stereocenters. The number of nitrogens with one attached hydrogen (secondary N) is 4. The number of benzene rings is 1. The van der Waals surface area contributed by atoms with Crippen molar-refractivity contribution < 1.29 is 48.6 Å². The molecule has 1 aromatic carbocycles. The minimum Gasteiger partial charge on any atom is -0.508 e. The molecule has 0 aromatic heterocycles. The number of carbonyl (C=O) groups excluding carboxylic acids is 7. The van der Waals surface area contributed by atoms with E-state index in [4.69, 9.17) is 28.7 Å². The van der Waals surface area contributed by atoms with Crippen molar-refractivity contribution in [3.8, 4) is 5.75 Å². The molecule has 55 heavy (non-hydrogen) atoms. The Bertz CT molecular complexity index is 1580. The first-order valence-electron chi connectivity index (χ1n) is 17.7. The number of carboxylic acid groups (broad SMARTS) is 1. The van der Waals surface area contributed by atoms with Crippen LogP contribution in [0.1, 0.15) is 64.4 Å². The Morgan fingerprint density at radius 3 is 1.96 bits per heavy atom. The lowest BCUT2D eigenvalue weighted by molar-refractivity contribution is -0.145. The highest BCUT2D eigenvalue weighted by molar-refractivity contribution is 5.98. The van der Waals surface area contributed by atoms with Crippen LogP contribution in [0.15, 0.2) is 29.3 Å². The molecule has 1 aromatic rings. The number of aliphatic carboxylic acids is 1. The molecule has 0 saturated carbocycles. The van der Waals surface area contributed by atoms with E-state index < -0.39 is 96.4 Å². The van der Waals surface area contributed by atoms with Crippen LogP contribution in [0.4, 0.5) is 0 Å². The van der Waals surface area contributed by atoms with Gasteiger partial charge >= 0.3 is 5.97 Å². The second kappa shape index (κ2) is 21.6. The van der Waals surface area contributed by atoms with Crippen LogP contribution in [-0.4, -0.2) is 118 Å². The van der Waals surface area contributed by atoms with Gasteiger partial charge in [0.2, 0.25) is 41.4 Å². The molecular weight excluding hydrogens is 722 g/mol. The summed E-state index contributed by atoms with van der Waals surface area (Å²) in [6.07, 6.45) is -0.425. The Morgan fingerprint density at radius 1 is 0.818 bits per heavy atom. The minimum atomic E-state index is -1.63. The van der Waals surface area contributed by atoms with Crippen LogP contribution in [0.3, 0.4) is 0 Å². The smallest absolute Gasteiger partial charge is 0.326 e.